The van der Waals surface area contributed by atoms with E-state index < -0.39 is 6.09 Å². The number of carbonyl (C=O) groups is 1. The highest BCUT2D eigenvalue weighted by Gasteiger charge is 2.28. The van der Waals surface area contributed by atoms with Crippen LogP contribution in [0.2, 0.25) is 0 Å². The molecule has 0 unspecified atom stereocenters. The lowest BCUT2D eigenvalue weighted by Gasteiger charge is -2.14. The maximum atomic E-state index is 12.2. The first-order valence-electron chi connectivity index (χ1n) is 10.1. The third kappa shape index (κ3) is 4.72. The number of hydrogen-bond acceptors (Lipinski definition) is 5. The van der Waals surface area contributed by atoms with E-state index in [1.165, 1.54) is 34.0 Å². The summed E-state index contributed by atoms with van der Waals surface area (Å²) in [5, 5.41) is 3.34. The second kappa shape index (κ2) is 9.66. The fourth-order valence-corrected chi connectivity index (χ4v) is 4.08. The van der Waals surface area contributed by atoms with E-state index >= 15 is 0 Å². The first kappa shape index (κ1) is 20.9. The lowest BCUT2D eigenvalue weighted by atomic mass is 9.98. The van der Waals surface area contributed by atoms with Crippen molar-refractivity contribution in [2.24, 2.45) is 0 Å². The predicted molar refractivity (Wildman–Crippen MR) is 123 cm³/mol. The van der Waals surface area contributed by atoms with Gasteiger partial charge in [0.05, 0.1) is 5.56 Å². The van der Waals surface area contributed by atoms with E-state index in [-0.39, 0.29) is 11.5 Å². The first-order valence-corrected chi connectivity index (χ1v) is 11.3. The van der Waals surface area contributed by atoms with Gasteiger partial charge in [0.15, 0.2) is 5.16 Å². The van der Waals surface area contributed by atoms with Crippen molar-refractivity contribution in [2.45, 2.75) is 17.5 Å². The average Bonchev–Trinajstić information content (AvgIpc) is 3.12. The van der Waals surface area contributed by atoms with Crippen LogP contribution in [0.5, 0.6) is 0 Å². The van der Waals surface area contributed by atoms with E-state index in [0.29, 0.717) is 30.3 Å². The lowest BCUT2D eigenvalue weighted by molar-refractivity contribution is 0.143. The molecule has 0 atom stereocenters. The molecule has 4 rings (SSSR count). The normalized spacial score (nSPS) is 12.5. The number of nitrogens with zero attached hydrogens (tertiary/aromatic N) is 1. The van der Waals surface area contributed by atoms with Crippen LogP contribution in [0.1, 0.15) is 29.0 Å². The summed E-state index contributed by atoms with van der Waals surface area (Å²) in [6.45, 7) is 0.708. The van der Waals surface area contributed by atoms with Crippen molar-refractivity contribution in [3.05, 3.63) is 87.8 Å². The molecular formula is C24H23N3O3S. The summed E-state index contributed by atoms with van der Waals surface area (Å²) in [7, 11) is 0. The second-order valence-corrected chi connectivity index (χ2v) is 7.92. The van der Waals surface area contributed by atoms with Crippen molar-refractivity contribution in [2.75, 3.05) is 19.4 Å². The molecule has 1 amide bonds. The summed E-state index contributed by atoms with van der Waals surface area (Å²) in [6.07, 6.45) is 7.06. The summed E-state index contributed by atoms with van der Waals surface area (Å²) >= 11 is 1.38. The summed E-state index contributed by atoms with van der Waals surface area (Å²) in [5.41, 5.74) is 5.08. The SMILES string of the molecule is CSc1ncc(C=CCCNC(=O)OCC2c3ccccc3-c3ccccc32)c(=O)[nH]1. The van der Waals surface area contributed by atoms with Gasteiger partial charge in [-0.05, 0) is 34.9 Å². The Morgan fingerprint density at radius 1 is 1.16 bits per heavy atom. The molecule has 3 aromatic rings. The van der Waals surface area contributed by atoms with Crippen molar-refractivity contribution < 1.29 is 9.53 Å². The molecule has 0 radical (unpaired) electrons. The van der Waals surface area contributed by atoms with Crippen LogP contribution in [0.15, 0.2) is 70.8 Å². The van der Waals surface area contributed by atoms with Crippen LogP contribution in [0.25, 0.3) is 17.2 Å². The molecule has 2 N–H and O–H groups in total. The number of aromatic amines is 1. The summed E-state index contributed by atoms with van der Waals surface area (Å²) in [6, 6.07) is 16.5. The van der Waals surface area contributed by atoms with E-state index in [2.05, 4.69) is 39.6 Å². The molecular weight excluding hydrogens is 410 g/mol. The Morgan fingerprint density at radius 2 is 1.84 bits per heavy atom. The molecule has 0 fully saturated rings. The van der Waals surface area contributed by atoms with Gasteiger partial charge in [-0.3, -0.25) is 4.79 Å². The van der Waals surface area contributed by atoms with Crippen LogP contribution in [-0.4, -0.2) is 35.5 Å². The van der Waals surface area contributed by atoms with Gasteiger partial charge in [0.1, 0.15) is 6.61 Å². The summed E-state index contributed by atoms with van der Waals surface area (Å²) in [5.74, 6) is 0.0431. The third-order valence-electron chi connectivity index (χ3n) is 5.22. The number of hydrogen-bond donors (Lipinski definition) is 2. The van der Waals surface area contributed by atoms with Crippen LogP contribution >= 0.6 is 11.8 Å². The first-order chi connectivity index (χ1) is 15.2. The van der Waals surface area contributed by atoms with E-state index in [9.17, 15) is 9.59 Å². The lowest BCUT2D eigenvalue weighted by Crippen LogP contribution is -2.26. The number of amides is 1. The van der Waals surface area contributed by atoms with Gasteiger partial charge in [-0.25, -0.2) is 9.78 Å². The monoisotopic (exact) mass is 433 g/mol. The average molecular weight is 434 g/mol. The molecule has 158 valence electrons. The molecule has 0 aliphatic heterocycles. The highest BCUT2D eigenvalue weighted by atomic mass is 32.2. The third-order valence-corrected chi connectivity index (χ3v) is 5.81. The van der Waals surface area contributed by atoms with Crippen molar-refractivity contribution >= 4 is 23.9 Å². The standard InChI is InChI=1S/C24H23N3O3S/c1-31-23-26-14-16(22(28)27-23)8-6-7-13-25-24(29)30-15-21-19-11-4-2-9-17(19)18-10-3-5-12-20(18)21/h2-6,8-12,14,21H,7,13,15H2,1H3,(H,25,29)(H,26,27,28). The van der Waals surface area contributed by atoms with E-state index in [4.69, 9.17) is 4.74 Å². The number of rotatable bonds is 7. The number of H-pyrrole nitrogens is 1. The Morgan fingerprint density at radius 3 is 2.48 bits per heavy atom. The van der Waals surface area contributed by atoms with Gasteiger partial charge in [0.2, 0.25) is 0 Å². The van der Waals surface area contributed by atoms with Crippen molar-refractivity contribution in [3.8, 4) is 11.1 Å². The predicted octanol–water partition coefficient (Wildman–Crippen LogP) is 4.43. The number of fused-ring (bicyclic) bond motifs is 3. The zero-order valence-corrected chi connectivity index (χ0v) is 17.9. The highest BCUT2D eigenvalue weighted by molar-refractivity contribution is 7.98. The van der Waals surface area contributed by atoms with Gasteiger partial charge >= 0.3 is 6.09 Å². The van der Waals surface area contributed by atoms with E-state index in [1.54, 1.807) is 12.3 Å². The zero-order chi connectivity index (χ0) is 21.6. The number of alkyl carbamates (subject to hydrolysis) is 1. The van der Waals surface area contributed by atoms with Crippen molar-refractivity contribution in [3.63, 3.8) is 0 Å². The van der Waals surface area contributed by atoms with Crippen LogP contribution < -0.4 is 10.9 Å². The van der Waals surface area contributed by atoms with Gasteiger partial charge in [-0.1, -0.05) is 72.4 Å². The van der Waals surface area contributed by atoms with Gasteiger partial charge in [-0.2, -0.15) is 0 Å². The van der Waals surface area contributed by atoms with E-state index in [1.807, 2.05) is 36.6 Å². The van der Waals surface area contributed by atoms with Crippen LogP contribution in [0.4, 0.5) is 4.79 Å². The Kier molecular flexibility index (Phi) is 6.52. The molecule has 0 saturated heterocycles. The smallest absolute Gasteiger partial charge is 0.407 e. The summed E-state index contributed by atoms with van der Waals surface area (Å²) in [4.78, 5) is 30.9. The topological polar surface area (TPSA) is 84.1 Å². The van der Waals surface area contributed by atoms with Crippen molar-refractivity contribution in [1.29, 1.82) is 0 Å². The molecule has 2 aromatic carbocycles. The molecule has 0 bridgehead atoms. The zero-order valence-electron chi connectivity index (χ0n) is 17.1. The Bertz CT molecular complexity index is 1130. The Balaban J connectivity index is 1.27. The molecule has 1 aliphatic carbocycles. The fraction of sp³-hybridized carbons (Fsp3) is 0.208. The Hall–Kier alpha value is -3.32. The van der Waals surface area contributed by atoms with Gasteiger partial charge < -0.3 is 15.0 Å². The highest BCUT2D eigenvalue weighted by Crippen LogP contribution is 2.44. The van der Waals surface area contributed by atoms with Gasteiger partial charge in [-0.15, -0.1) is 0 Å². The number of benzene rings is 2. The molecule has 1 aromatic heterocycles. The van der Waals surface area contributed by atoms with Gasteiger partial charge in [0.25, 0.3) is 5.56 Å². The fourth-order valence-electron chi connectivity index (χ4n) is 3.73. The van der Waals surface area contributed by atoms with Crippen LogP contribution in [0.3, 0.4) is 0 Å². The number of carbonyl (C=O) groups excluding carboxylic acids is 1. The molecule has 7 heteroatoms. The minimum absolute atomic E-state index is 0.0431. The molecule has 0 saturated carbocycles. The minimum atomic E-state index is -0.445. The second-order valence-electron chi connectivity index (χ2n) is 7.12. The maximum absolute atomic E-state index is 12.2. The number of ether oxygens (including phenoxy) is 1. The Labute approximate surface area is 184 Å². The van der Waals surface area contributed by atoms with Crippen LogP contribution in [0, 0.1) is 0 Å². The van der Waals surface area contributed by atoms with Gasteiger partial charge in [0, 0.05) is 18.7 Å². The maximum Gasteiger partial charge on any atom is 0.407 e. The molecule has 6 nitrogen and oxygen atoms in total. The number of thioether (sulfide) groups is 1. The number of nitrogens with one attached hydrogen (secondary N) is 2. The molecule has 0 spiro atoms. The van der Waals surface area contributed by atoms with E-state index in [0.717, 1.165) is 0 Å². The largest absolute Gasteiger partial charge is 0.449 e. The van der Waals surface area contributed by atoms with Crippen LogP contribution in [-0.2, 0) is 4.74 Å². The summed E-state index contributed by atoms with van der Waals surface area (Å²) < 4.78 is 5.51. The van der Waals surface area contributed by atoms with Crippen molar-refractivity contribution in [1.82, 2.24) is 15.3 Å². The molecule has 1 heterocycles. The molecule has 31 heavy (non-hydrogen) atoms. The quantitative estimate of drug-likeness (QED) is 0.327. The minimum Gasteiger partial charge on any atom is -0.449 e. The number of aromatic nitrogens is 2. The molecule has 1 aliphatic rings.